The van der Waals surface area contributed by atoms with Crippen LogP contribution in [0.4, 0.5) is 0 Å². The highest BCUT2D eigenvalue weighted by Gasteiger charge is 2.11. The zero-order valence-electron chi connectivity index (χ0n) is 12.9. The van der Waals surface area contributed by atoms with Crippen molar-refractivity contribution in [1.82, 2.24) is 15.7 Å². The molecule has 3 aromatic carbocycles. The normalized spacial score (nSPS) is 11.4. The minimum absolute atomic E-state index is 0.0958. The SMILES string of the molecule is O=C(NN=Cc1ccc2nonc2c1)c1cc2ccccc2cc1O. The molecule has 0 bridgehead atoms. The number of phenols is 1. The van der Waals surface area contributed by atoms with Crippen molar-refractivity contribution in [3.05, 3.63) is 65.7 Å². The van der Waals surface area contributed by atoms with Crippen molar-refractivity contribution in [2.75, 3.05) is 0 Å². The Bertz CT molecular complexity index is 1120. The molecule has 2 N–H and O–H groups in total. The number of phenolic OH excluding ortho intramolecular Hbond substituents is 1. The van der Waals surface area contributed by atoms with Crippen LogP contribution in [0.15, 0.2) is 64.3 Å². The second-order valence-corrected chi connectivity index (χ2v) is 5.43. The van der Waals surface area contributed by atoms with Crippen molar-refractivity contribution < 1.29 is 14.5 Å². The lowest BCUT2D eigenvalue weighted by molar-refractivity contribution is 0.0952. The van der Waals surface area contributed by atoms with E-state index in [2.05, 4.69) is 25.5 Å². The average Bonchev–Trinajstić information content (AvgIpc) is 3.09. The lowest BCUT2D eigenvalue weighted by Crippen LogP contribution is -2.17. The first kappa shape index (κ1) is 14.8. The predicted molar refractivity (Wildman–Crippen MR) is 92.5 cm³/mol. The first-order valence-electron chi connectivity index (χ1n) is 7.48. The van der Waals surface area contributed by atoms with Crippen molar-refractivity contribution in [3.63, 3.8) is 0 Å². The lowest BCUT2D eigenvalue weighted by atomic mass is 10.1. The number of hydrogen-bond donors (Lipinski definition) is 2. The molecule has 7 heteroatoms. The van der Waals surface area contributed by atoms with Crippen LogP contribution in [0, 0.1) is 0 Å². The topological polar surface area (TPSA) is 101 Å². The van der Waals surface area contributed by atoms with Gasteiger partial charge in [0.15, 0.2) is 0 Å². The number of hydrogen-bond acceptors (Lipinski definition) is 6. The molecule has 0 unspecified atom stereocenters. The van der Waals surface area contributed by atoms with Crippen molar-refractivity contribution in [2.45, 2.75) is 0 Å². The number of rotatable bonds is 3. The molecular formula is C18H12N4O3. The molecule has 0 aliphatic carbocycles. The second kappa shape index (κ2) is 6.04. The molecule has 4 aromatic rings. The summed E-state index contributed by atoms with van der Waals surface area (Å²) in [6, 6.07) is 15.9. The summed E-state index contributed by atoms with van der Waals surface area (Å²) in [4.78, 5) is 12.2. The third-order valence-corrected chi connectivity index (χ3v) is 3.77. The van der Waals surface area contributed by atoms with Gasteiger partial charge in [-0.2, -0.15) is 5.10 Å². The fourth-order valence-electron chi connectivity index (χ4n) is 2.52. The number of fused-ring (bicyclic) bond motifs is 2. The maximum absolute atomic E-state index is 12.2. The third-order valence-electron chi connectivity index (χ3n) is 3.77. The van der Waals surface area contributed by atoms with Crippen molar-refractivity contribution in [1.29, 1.82) is 0 Å². The van der Waals surface area contributed by atoms with Crippen LogP contribution in [0.1, 0.15) is 15.9 Å². The van der Waals surface area contributed by atoms with Gasteiger partial charge < -0.3 is 5.11 Å². The van der Waals surface area contributed by atoms with Gasteiger partial charge in [0.05, 0.1) is 11.8 Å². The molecule has 0 radical (unpaired) electrons. The minimum Gasteiger partial charge on any atom is -0.507 e. The van der Waals surface area contributed by atoms with Crippen LogP contribution in [0.25, 0.3) is 21.8 Å². The predicted octanol–water partition coefficient (Wildman–Crippen LogP) is 2.85. The highest BCUT2D eigenvalue weighted by molar-refractivity contribution is 6.01. The molecular weight excluding hydrogens is 320 g/mol. The molecule has 0 saturated heterocycles. The Hall–Kier alpha value is -3.74. The largest absolute Gasteiger partial charge is 0.507 e. The number of nitrogens with zero attached hydrogens (tertiary/aromatic N) is 3. The van der Waals surface area contributed by atoms with E-state index in [1.807, 2.05) is 24.3 Å². The van der Waals surface area contributed by atoms with Gasteiger partial charge in [-0.15, -0.1) is 0 Å². The van der Waals surface area contributed by atoms with Crippen LogP contribution in [0.2, 0.25) is 0 Å². The molecule has 1 heterocycles. The van der Waals surface area contributed by atoms with Crippen molar-refractivity contribution in [3.8, 4) is 5.75 Å². The summed E-state index contributed by atoms with van der Waals surface area (Å²) < 4.78 is 4.63. The van der Waals surface area contributed by atoms with E-state index < -0.39 is 5.91 Å². The quantitative estimate of drug-likeness (QED) is 0.444. The van der Waals surface area contributed by atoms with E-state index in [4.69, 9.17) is 0 Å². The molecule has 0 aliphatic rings. The maximum Gasteiger partial charge on any atom is 0.275 e. The fraction of sp³-hybridized carbons (Fsp3) is 0. The van der Waals surface area contributed by atoms with E-state index in [0.717, 1.165) is 16.3 Å². The van der Waals surface area contributed by atoms with E-state index in [0.29, 0.717) is 11.0 Å². The van der Waals surface area contributed by atoms with Crippen LogP contribution in [-0.2, 0) is 0 Å². The third kappa shape index (κ3) is 2.90. The van der Waals surface area contributed by atoms with Crippen molar-refractivity contribution in [2.24, 2.45) is 5.10 Å². The van der Waals surface area contributed by atoms with E-state index in [-0.39, 0.29) is 11.3 Å². The van der Waals surface area contributed by atoms with Crippen LogP contribution in [-0.4, -0.2) is 27.5 Å². The highest BCUT2D eigenvalue weighted by Crippen LogP contribution is 2.24. The molecule has 0 spiro atoms. The Morgan fingerprint density at radius 1 is 1.04 bits per heavy atom. The molecule has 0 fully saturated rings. The van der Waals surface area contributed by atoms with Gasteiger partial charge in [-0.05, 0) is 50.9 Å². The monoisotopic (exact) mass is 332 g/mol. The average molecular weight is 332 g/mol. The van der Waals surface area contributed by atoms with Gasteiger partial charge in [0.2, 0.25) is 0 Å². The Labute approximate surface area is 141 Å². The minimum atomic E-state index is -0.497. The molecule has 0 saturated carbocycles. The van der Waals surface area contributed by atoms with Gasteiger partial charge in [0.25, 0.3) is 5.91 Å². The zero-order chi connectivity index (χ0) is 17.2. The molecule has 1 aromatic heterocycles. The van der Waals surface area contributed by atoms with E-state index in [9.17, 15) is 9.90 Å². The van der Waals surface area contributed by atoms with Crippen LogP contribution in [0.3, 0.4) is 0 Å². The highest BCUT2D eigenvalue weighted by atomic mass is 16.6. The Morgan fingerprint density at radius 2 is 1.80 bits per heavy atom. The zero-order valence-corrected chi connectivity index (χ0v) is 12.9. The summed E-state index contributed by atoms with van der Waals surface area (Å²) in [5.74, 6) is -0.592. The maximum atomic E-state index is 12.2. The Kier molecular flexibility index (Phi) is 3.59. The summed E-state index contributed by atoms with van der Waals surface area (Å²) in [5, 5.41) is 23.1. The van der Waals surface area contributed by atoms with Crippen molar-refractivity contribution >= 4 is 33.9 Å². The molecule has 25 heavy (non-hydrogen) atoms. The number of aromatic nitrogens is 2. The first-order valence-corrected chi connectivity index (χ1v) is 7.48. The number of amides is 1. The van der Waals surface area contributed by atoms with Gasteiger partial charge in [-0.25, -0.2) is 10.1 Å². The smallest absolute Gasteiger partial charge is 0.275 e. The summed E-state index contributed by atoms with van der Waals surface area (Å²) in [7, 11) is 0. The van der Waals surface area contributed by atoms with Gasteiger partial charge >= 0.3 is 0 Å². The number of aromatic hydroxyl groups is 1. The van der Waals surface area contributed by atoms with E-state index in [1.165, 1.54) is 6.21 Å². The number of nitrogens with one attached hydrogen (secondary N) is 1. The number of benzene rings is 3. The standard InChI is InChI=1S/C18H12N4O3/c23-17-9-13-4-2-1-3-12(13)8-14(17)18(24)20-19-10-11-5-6-15-16(7-11)22-25-21-15/h1-10,23H,(H,20,24). The van der Waals surface area contributed by atoms with E-state index >= 15 is 0 Å². The number of carbonyl (C=O) groups excluding carboxylic acids is 1. The van der Waals surface area contributed by atoms with Crippen LogP contribution >= 0.6 is 0 Å². The molecule has 1 amide bonds. The van der Waals surface area contributed by atoms with Crippen LogP contribution in [0.5, 0.6) is 5.75 Å². The summed E-state index contributed by atoms with van der Waals surface area (Å²) in [6.07, 6.45) is 1.48. The van der Waals surface area contributed by atoms with Gasteiger partial charge in [-0.1, -0.05) is 30.3 Å². The Balaban J connectivity index is 1.54. The molecule has 7 nitrogen and oxygen atoms in total. The lowest BCUT2D eigenvalue weighted by Gasteiger charge is -2.05. The van der Waals surface area contributed by atoms with Gasteiger partial charge in [0.1, 0.15) is 16.8 Å². The Morgan fingerprint density at radius 3 is 2.64 bits per heavy atom. The number of hydrazone groups is 1. The first-order chi connectivity index (χ1) is 12.2. The number of carbonyl (C=O) groups is 1. The second-order valence-electron chi connectivity index (χ2n) is 5.43. The molecule has 122 valence electrons. The molecule has 4 rings (SSSR count). The van der Waals surface area contributed by atoms with Crippen LogP contribution < -0.4 is 5.43 Å². The molecule has 0 atom stereocenters. The van der Waals surface area contributed by atoms with E-state index in [1.54, 1.807) is 30.3 Å². The summed E-state index contributed by atoms with van der Waals surface area (Å²) in [6.45, 7) is 0. The van der Waals surface area contributed by atoms with Gasteiger partial charge in [0, 0.05) is 0 Å². The summed E-state index contributed by atoms with van der Waals surface area (Å²) in [5.41, 5.74) is 4.53. The summed E-state index contributed by atoms with van der Waals surface area (Å²) >= 11 is 0. The fourth-order valence-corrected chi connectivity index (χ4v) is 2.52. The molecule has 0 aliphatic heterocycles. The van der Waals surface area contributed by atoms with Gasteiger partial charge in [-0.3, -0.25) is 4.79 Å².